The van der Waals surface area contributed by atoms with Gasteiger partial charge < -0.3 is 4.74 Å². The van der Waals surface area contributed by atoms with E-state index < -0.39 is 0 Å². The molecule has 2 heterocycles. The highest BCUT2D eigenvalue weighted by Gasteiger charge is 2.15. The number of Topliss-reactive ketones (excluding diaryl/α,β-unsaturated/α-hetero) is 1. The summed E-state index contributed by atoms with van der Waals surface area (Å²) < 4.78 is 5.24. The van der Waals surface area contributed by atoms with Crippen molar-refractivity contribution in [3.05, 3.63) is 71.9 Å². The van der Waals surface area contributed by atoms with E-state index in [2.05, 4.69) is 15.3 Å². The van der Waals surface area contributed by atoms with Crippen LogP contribution in [0.5, 0.6) is 5.75 Å². The molecule has 0 radical (unpaired) electrons. The van der Waals surface area contributed by atoms with Crippen molar-refractivity contribution >= 4 is 39.1 Å². The van der Waals surface area contributed by atoms with E-state index in [-0.39, 0.29) is 5.78 Å². The molecular formula is C21H16N2O2S2. The Balaban J connectivity index is 1.65. The van der Waals surface area contributed by atoms with Gasteiger partial charge in [0.05, 0.1) is 18.2 Å². The highest BCUT2D eigenvalue weighted by Crippen LogP contribution is 2.38. The molecule has 0 aliphatic heterocycles. The molecule has 0 fully saturated rings. The van der Waals surface area contributed by atoms with Crippen molar-refractivity contribution in [3.63, 3.8) is 0 Å². The van der Waals surface area contributed by atoms with Crippen LogP contribution in [0.2, 0.25) is 0 Å². The highest BCUT2D eigenvalue weighted by molar-refractivity contribution is 8.00. The third kappa shape index (κ3) is 3.72. The normalized spacial score (nSPS) is 10.9. The lowest BCUT2D eigenvalue weighted by atomic mass is 10.1. The van der Waals surface area contributed by atoms with Gasteiger partial charge >= 0.3 is 0 Å². The number of hydrogen-bond acceptors (Lipinski definition) is 6. The van der Waals surface area contributed by atoms with E-state index in [1.807, 2.05) is 54.6 Å². The summed E-state index contributed by atoms with van der Waals surface area (Å²) in [5.74, 6) is 1.25. The van der Waals surface area contributed by atoms with Gasteiger partial charge in [-0.3, -0.25) is 4.79 Å². The second-order valence-electron chi connectivity index (χ2n) is 5.81. The van der Waals surface area contributed by atoms with Gasteiger partial charge in [-0.15, -0.1) is 11.3 Å². The molecule has 2 aromatic carbocycles. The number of carbonyl (C=O) groups excluding carboxylic acids is 1. The molecule has 4 nitrogen and oxygen atoms in total. The lowest BCUT2D eigenvalue weighted by molar-refractivity contribution is 0.102. The third-order valence-electron chi connectivity index (χ3n) is 4.17. The quantitative estimate of drug-likeness (QED) is 0.252. The molecule has 0 saturated heterocycles. The van der Waals surface area contributed by atoms with Gasteiger partial charge in [0.15, 0.2) is 5.78 Å². The number of aromatic nitrogens is 2. The van der Waals surface area contributed by atoms with Crippen LogP contribution in [-0.4, -0.2) is 28.6 Å². The number of hydrogen-bond donors (Lipinski definition) is 0. The van der Waals surface area contributed by atoms with Crippen molar-refractivity contribution in [1.29, 1.82) is 0 Å². The van der Waals surface area contributed by atoms with E-state index in [1.54, 1.807) is 24.8 Å². The first-order valence-electron chi connectivity index (χ1n) is 8.34. The molecule has 0 bridgehead atoms. The minimum Gasteiger partial charge on any atom is -0.497 e. The standard InChI is InChI=1S/C21H16N2O2S2/c1-25-16-9-7-14(8-10-16)17-11-26-20-19(17)21(23-13-22-20)27-12-18(24)15-5-3-2-4-6-15/h2-11,13H,12H2,1H3. The van der Waals surface area contributed by atoms with Crippen molar-refractivity contribution in [3.8, 4) is 16.9 Å². The smallest absolute Gasteiger partial charge is 0.173 e. The fraction of sp³-hybridized carbons (Fsp3) is 0.0952. The number of benzene rings is 2. The summed E-state index contributed by atoms with van der Waals surface area (Å²) in [6, 6.07) is 17.3. The monoisotopic (exact) mass is 392 g/mol. The van der Waals surface area contributed by atoms with Crippen molar-refractivity contribution in [1.82, 2.24) is 9.97 Å². The molecule has 0 N–H and O–H groups in total. The summed E-state index contributed by atoms with van der Waals surface area (Å²) in [5.41, 5.74) is 2.87. The molecule has 0 saturated carbocycles. The summed E-state index contributed by atoms with van der Waals surface area (Å²) in [7, 11) is 1.65. The largest absolute Gasteiger partial charge is 0.497 e. The SMILES string of the molecule is COc1ccc(-c2csc3ncnc(SCC(=O)c4ccccc4)c23)cc1. The number of fused-ring (bicyclic) bond motifs is 1. The molecule has 0 aliphatic carbocycles. The van der Waals surface area contributed by atoms with Gasteiger partial charge in [0, 0.05) is 16.5 Å². The number of nitrogens with zero attached hydrogens (tertiary/aromatic N) is 2. The Labute approximate surface area is 165 Å². The maximum atomic E-state index is 12.4. The van der Waals surface area contributed by atoms with E-state index in [9.17, 15) is 4.79 Å². The summed E-state index contributed by atoms with van der Waals surface area (Å²) >= 11 is 3.04. The van der Waals surface area contributed by atoms with Crippen molar-refractivity contribution < 1.29 is 9.53 Å². The van der Waals surface area contributed by atoms with E-state index in [4.69, 9.17) is 4.74 Å². The molecule has 27 heavy (non-hydrogen) atoms. The lowest BCUT2D eigenvalue weighted by Crippen LogP contribution is -2.02. The molecule has 0 atom stereocenters. The third-order valence-corrected chi connectivity index (χ3v) is 6.05. The van der Waals surface area contributed by atoms with Gasteiger partial charge in [0.1, 0.15) is 21.9 Å². The number of carbonyl (C=O) groups is 1. The zero-order chi connectivity index (χ0) is 18.6. The average molecular weight is 393 g/mol. The number of thiophene rings is 1. The summed E-state index contributed by atoms with van der Waals surface area (Å²) in [4.78, 5) is 22.2. The molecule has 0 spiro atoms. The Morgan fingerprint density at radius 2 is 1.85 bits per heavy atom. The zero-order valence-corrected chi connectivity index (χ0v) is 16.2. The fourth-order valence-corrected chi connectivity index (χ4v) is 4.67. The van der Waals surface area contributed by atoms with Crippen LogP contribution in [0, 0.1) is 0 Å². The van der Waals surface area contributed by atoms with Gasteiger partial charge in [0.2, 0.25) is 0 Å². The Morgan fingerprint density at radius 1 is 1.07 bits per heavy atom. The zero-order valence-electron chi connectivity index (χ0n) is 14.6. The van der Waals surface area contributed by atoms with Crippen LogP contribution in [0.3, 0.4) is 0 Å². The molecule has 0 amide bonds. The second kappa shape index (κ2) is 7.90. The highest BCUT2D eigenvalue weighted by atomic mass is 32.2. The lowest BCUT2D eigenvalue weighted by Gasteiger charge is -2.06. The number of thioether (sulfide) groups is 1. The summed E-state index contributed by atoms with van der Waals surface area (Å²) in [6.07, 6.45) is 1.56. The first-order chi connectivity index (χ1) is 13.3. The molecule has 4 rings (SSSR count). The van der Waals surface area contributed by atoms with Crippen LogP contribution in [0.25, 0.3) is 21.3 Å². The van der Waals surface area contributed by atoms with Crippen molar-refractivity contribution in [2.45, 2.75) is 5.03 Å². The molecule has 0 aliphatic rings. The minimum absolute atomic E-state index is 0.0913. The van der Waals surface area contributed by atoms with Crippen LogP contribution in [0.1, 0.15) is 10.4 Å². The predicted octanol–water partition coefficient (Wildman–Crippen LogP) is 5.34. The van der Waals surface area contributed by atoms with Crippen molar-refractivity contribution in [2.75, 3.05) is 12.9 Å². The summed E-state index contributed by atoms with van der Waals surface area (Å²) in [6.45, 7) is 0. The summed E-state index contributed by atoms with van der Waals surface area (Å²) in [5, 5.41) is 3.92. The van der Waals surface area contributed by atoms with E-state index in [0.29, 0.717) is 5.75 Å². The Morgan fingerprint density at radius 3 is 2.59 bits per heavy atom. The minimum atomic E-state index is 0.0913. The first-order valence-corrected chi connectivity index (χ1v) is 10.2. The molecule has 4 aromatic rings. The number of methoxy groups -OCH3 is 1. The Bertz CT molecular complexity index is 1080. The van der Waals surface area contributed by atoms with Crippen molar-refractivity contribution in [2.24, 2.45) is 0 Å². The molecule has 6 heteroatoms. The van der Waals surface area contributed by atoms with Crippen LogP contribution >= 0.6 is 23.1 Å². The number of ketones is 1. The van der Waals surface area contributed by atoms with Gasteiger partial charge in [-0.05, 0) is 17.7 Å². The van der Waals surface area contributed by atoms with E-state index >= 15 is 0 Å². The maximum Gasteiger partial charge on any atom is 0.173 e. The Hall–Kier alpha value is -2.70. The molecule has 2 aromatic heterocycles. The number of rotatable bonds is 6. The van der Waals surface area contributed by atoms with Crippen LogP contribution < -0.4 is 4.74 Å². The predicted molar refractivity (Wildman–Crippen MR) is 111 cm³/mol. The van der Waals surface area contributed by atoms with Gasteiger partial charge in [-0.1, -0.05) is 54.2 Å². The maximum absolute atomic E-state index is 12.4. The van der Waals surface area contributed by atoms with Gasteiger partial charge in [-0.2, -0.15) is 0 Å². The van der Waals surface area contributed by atoms with E-state index in [0.717, 1.165) is 37.7 Å². The first kappa shape index (κ1) is 17.7. The van der Waals surface area contributed by atoms with Crippen LogP contribution in [-0.2, 0) is 0 Å². The molecule has 134 valence electrons. The average Bonchev–Trinajstić information content (AvgIpc) is 3.17. The molecule has 0 unspecified atom stereocenters. The van der Waals surface area contributed by atoms with Crippen LogP contribution in [0.15, 0.2) is 71.3 Å². The Kier molecular flexibility index (Phi) is 5.18. The second-order valence-corrected chi connectivity index (χ2v) is 7.64. The number of ether oxygens (including phenoxy) is 1. The van der Waals surface area contributed by atoms with Gasteiger partial charge in [-0.25, -0.2) is 9.97 Å². The topological polar surface area (TPSA) is 52.1 Å². The fourth-order valence-electron chi connectivity index (χ4n) is 2.78. The molecular weight excluding hydrogens is 376 g/mol. The van der Waals surface area contributed by atoms with E-state index in [1.165, 1.54) is 11.8 Å². The van der Waals surface area contributed by atoms with Crippen LogP contribution in [0.4, 0.5) is 0 Å². The van der Waals surface area contributed by atoms with Gasteiger partial charge in [0.25, 0.3) is 0 Å².